The van der Waals surface area contributed by atoms with Gasteiger partial charge in [0.2, 0.25) is 0 Å². The molecule has 3 heterocycles. The first-order chi connectivity index (χ1) is 12.0. The van der Waals surface area contributed by atoms with Crippen LogP contribution in [0.3, 0.4) is 0 Å². The number of hydrogen-bond acceptors (Lipinski definition) is 5. The molecule has 136 valence electrons. The summed E-state index contributed by atoms with van der Waals surface area (Å²) < 4.78 is 0. The Morgan fingerprint density at radius 3 is 2.96 bits per heavy atom. The van der Waals surface area contributed by atoms with Crippen LogP contribution in [0.25, 0.3) is 0 Å². The SMILES string of the molecule is CC[C@H]1Cc2ncc(C(=O)NO)cc2CN1[C@@H]1CCC2(C1)CN(C)C2. The van der Waals surface area contributed by atoms with Crippen molar-refractivity contribution in [2.45, 2.75) is 57.7 Å². The van der Waals surface area contributed by atoms with Gasteiger partial charge < -0.3 is 4.90 Å². The number of nitrogens with one attached hydrogen (secondary N) is 1. The first-order valence-corrected chi connectivity index (χ1v) is 9.40. The van der Waals surface area contributed by atoms with Crippen LogP contribution >= 0.6 is 0 Å². The van der Waals surface area contributed by atoms with Crippen molar-refractivity contribution in [2.24, 2.45) is 5.41 Å². The molecule has 1 saturated heterocycles. The Kier molecular flexibility index (Phi) is 4.30. The van der Waals surface area contributed by atoms with Gasteiger partial charge >= 0.3 is 0 Å². The maximum atomic E-state index is 11.7. The first-order valence-electron chi connectivity index (χ1n) is 9.40. The molecule has 0 bridgehead atoms. The number of carbonyl (C=O) groups is 1. The highest BCUT2D eigenvalue weighted by Gasteiger charge is 2.49. The predicted molar refractivity (Wildman–Crippen MR) is 94.4 cm³/mol. The second kappa shape index (κ2) is 6.34. The third-order valence-electron chi connectivity index (χ3n) is 6.50. The van der Waals surface area contributed by atoms with Gasteiger partial charge in [0.15, 0.2) is 0 Å². The molecule has 6 heteroatoms. The molecule has 2 fully saturated rings. The highest BCUT2D eigenvalue weighted by molar-refractivity contribution is 5.93. The van der Waals surface area contributed by atoms with Gasteiger partial charge in [-0.3, -0.25) is 19.9 Å². The topological polar surface area (TPSA) is 68.7 Å². The molecule has 1 aromatic heterocycles. The molecule has 1 amide bonds. The third kappa shape index (κ3) is 2.96. The average Bonchev–Trinajstić information content (AvgIpc) is 3.04. The summed E-state index contributed by atoms with van der Waals surface area (Å²) in [6, 6.07) is 3.08. The lowest BCUT2D eigenvalue weighted by atomic mass is 9.78. The van der Waals surface area contributed by atoms with Crippen molar-refractivity contribution in [3.05, 3.63) is 29.1 Å². The quantitative estimate of drug-likeness (QED) is 0.647. The van der Waals surface area contributed by atoms with Gasteiger partial charge in [0, 0.05) is 50.0 Å². The van der Waals surface area contributed by atoms with Crippen molar-refractivity contribution in [1.29, 1.82) is 0 Å². The smallest absolute Gasteiger partial charge is 0.276 e. The molecule has 2 atom stereocenters. The molecule has 4 rings (SSSR count). The minimum absolute atomic E-state index is 0.430. The van der Waals surface area contributed by atoms with Crippen molar-refractivity contribution in [2.75, 3.05) is 20.1 Å². The maximum Gasteiger partial charge on any atom is 0.276 e. The summed E-state index contributed by atoms with van der Waals surface area (Å²) in [4.78, 5) is 21.3. The fraction of sp³-hybridized carbons (Fsp3) is 0.684. The van der Waals surface area contributed by atoms with E-state index in [9.17, 15) is 4.79 Å². The summed E-state index contributed by atoms with van der Waals surface area (Å²) in [7, 11) is 2.21. The average molecular weight is 344 g/mol. The van der Waals surface area contributed by atoms with Crippen LogP contribution in [0.5, 0.6) is 0 Å². The largest absolute Gasteiger partial charge is 0.305 e. The number of fused-ring (bicyclic) bond motifs is 1. The number of amides is 1. The van der Waals surface area contributed by atoms with Crippen molar-refractivity contribution < 1.29 is 10.0 Å². The molecule has 0 radical (unpaired) electrons. The van der Waals surface area contributed by atoms with Crippen molar-refractivity contribution in [3.63, 3.8) is 0 Å². The molecule has 2 N–H and O–H groups in total. The minimum atomic E-state index is -0.489. The third-order valence-corrected chi connectivity index (χ3v) is 6.50. The van der Waals surface area contributed by atoms with E-state index in [1.54, 1.807) is 11.7 Å². The van der Waals surface area contributed by atoms with Crippen LogP contribution in [-0.2, 0) is 13.0 Å². The Bertz CT molecular complexity index is 671. The molecule has 1 aromatic rings. The Morgan fingerprint density at radius 1 is 1.48 bits per heavy atom. The highest BCUT2D eigenvalue weighted by Crippen LogP contribution is 2.47. The van der Waals surface area contributed by atoms with Gasteiger partial charge in [0.05, 0.1) is 5.56 Å². The molecule has 25 heavy (non-hydrogen) atoms. The number of nitrogens with zero attached hydrogens (tertiary/aromatic N) is 3. The molecule has 1 spiro atoms. The van der Waals surface area contributed by atoms with E-state index in [0.717, 1.165) is 30.6 Å². The van der Waals surface area contributed by atoms with Gasteiger partial charge in [-0.15, -0.1) is 0 Å². The molecule has 0 unspecified atom stereocenters. The monoisotopic (exact) mass is 344 g/mol. The van der Waals surface area contributed by atoms with Crippen LogP contribution in [0, 0.1) is 5.41 Å². The molecule has 6 nitrogen and oxygen atoms in total. The Morgan fingerprint density at radius 2 is 2.28 bits per heavy atom. The van der Waals surface area contributed by atoms with Crippen molar-refractivity contribution in [1.82, 2.24) is 20.3 Å². The zero-order chi connectivity index (χ0) is 17.6. The lowest BCUT2D eigenvalue weighted by molar-refractivity contribution is 0.0146. The second-order valence-electron chi connectivity index (χ2n) is 8.28. The highest BCUT2D eigenvalue weighted by atomic mass is 16.5. The molecule has 3 aliphatic rings. The number of hydrogen-bond donors (Lipinski definition) is 2. The molecular weight excluding hydrogens is 316 g/mol. The molecule has 1 aliphatic carbocycles. The summed E-state index contributed by atoms with van der Waals surface area (Å²) in [6.07, 6.45) is 7.57. The lowest BCUT2D eigenvalue weighted by Gasteiger charge is -2.47. The van der Waals surface area contributed by atoms with E-state index in [1.807, 2.05) is 6.07 Å². The van der Waals surface area contributed by atoms with E-state index in [0.29, 0.717) is 23.1 Å². The number of carbonyl (C=O) groups excluding carboxylic acids is 1. The van der Waals surface area contributed by atoms with Crippen LogP contribution in [0.1, 0.15) is 54.2 Å². The Balaban J connectivity index is 1.54. The van der Waals surface area contributed by atoms with E-state index in [4.69, 9.17) is 5.21 Å². The van der Waals surface area contributed by atoms with E-state index in [1.165, 1.54) is 32.4 Å². The fourth-order valence-corrected chi connectivity index (χ4v) is 5.37. The van der Waals surface area contributed by atoms with Crippen LogP contribution < -0.4 is 5.48 Å². The van der Waals surface area contributed by atoms with Crippen LogP contribution in [0.15, 0.2) is 12.3 Å². The van der Waals surface area contributed by atoms with Crippen LogP contribution in [0.2, 0.25) is 0 Å². The number of pyridine rings is 1. The number of hydroxylamine groups is 1. The van der Waals surface area contributed by atoms with E-state index >= 15 is 0 Å². The number of rotatable bonds is 3. The number of aromatic nitrogens is 1. The van der Waals surface area contributed by atoms with Gasteiger partial charge in [-0.1, -0.05) is 6.92 Å². The van der Waals surface area contributed by atoms with E-state index in [2.05, 4.69) is 28.8 Å². The minimum Gasteiger partial charge on any atom is -0.305 e. The fourth-order valence-electron chi connectivity index (χ4n) is 5.37. The Labute approximate surface area is 149 Å². The van der Waals surface area contributed by atoms with Crippen LogP contribution in [-0.4, -0.2) is 58.1 Å². The zero-order valence-electron chi connectivity index (χ0n) is 15.2. The van der Waals surface area contributed by atoms with Gasteiger partial charge in [-0.25, -0.2) is 5.48 Å². The number of likely N-dealkylation sites (tertiary alicyclic amines) is 1. The normalized spacial score (nSPS) is 28.6. The molecule has 2 aliphatic heterocycles. The van der Waals surface area contributed by atoms with Crippen molar-refractivity contribution >= 4 is 5.91 Å². The van der Waals surface area contributed by atoms with E-state index < -0.39 is 5.91 Å². The van der Waals surface area contributed by atoms with E-state index in [-0.39, 0.29) is 0 Å². The summed E-state index contributed by atoms with van der Waals surface area (Å²) in [5, 5.41) is 8.87. The van der Waals surface area contributed by atoms with Gasteiger partial charge in [-0.2, -0.15) is 0 Å². The van der Waals surface area contributed by atoms with Crippen molar-refractivity contribution in [3.8, 4) is 0 Å². The second-order valence-corrected chi connectivity index (χ2v) is 8.28. The standard InChI is InChI=1S/C19H28N4O2/c1-3-15-7-17-14(6-13(9-20-17)18(24)21-25)10-23(15)16-4-5-19(8-16)11-22(2)12-19/h6,9,15-16,25H,3-5,7-8,10-12H2,1-2H3,(H,21,24)/t15-,16+/m0/s1. The molecule has 1 saturated carbocycles. The van der Waals surface area contributed by atoms with Gasteiger partial charge in [0.25, 0.3) is 5.91 Å². The first kappa shape index (κ1) is 16.9. The summed E-state index contributed by atoms with van der Waals surface area (Å²) in [6.45, 7) is 5.61. The summed E-state index contributed by atoms with van der Waals surface area (Å²) in [5.74, 6) is -0.489. The zero-order valence-corrected chi connectivity index (χ0v) is 15.2. The van der Waals surface area contributed by atoms with Gasteiger partial charge in [0.1, 0.15) is 0 Å². The molecule has 0 aromatic carbocycles. The maximum absolute atomic E-state index is 11.7. The summed E-state index contributed by atoms with van der Waals surface area (Å²) in [5.41, 5.74) is 4.93. The van der Waals surface area contributed by atoms with Gasteiger partial charge in [-0.05, 0) is 49.8 Å². The summed E-state index contributed by atoms with van der Waals surface area (Å²) >= 11 is 0. The Hall–Kier alpha value is -1.50. The predicted octanol–water partition coefficient (Wildman–Crippen LogP) is 1.82. The van der Waals surface area contributed by atoms with Crippen LogP contribution in [0.4, 0.5) is 0 Å². The molecular formula is C19H28N4O2. The lowest BCUT2D eigenvalue weighted by Crippen LogP contribution is -2.54.